The lowest BCUT2D eigenvalue weighted by molar-refractivity contribution is -0.140. The van der Waals surface area contributed by atoms with E-state index in [0.717, 1.165) is 5.56 Å². The number of nitrogens with zero attached hydrogens (tertiary/aromatic N) is 3. The molecule has 0 radical (unpaired) electrons. The lowest BCUT2D eigenvalue weighted by atomic mass is 9.95. The molecular weight excluding hydrogens is 517 g/mol. The number of anilines is 1. The molecule has 0 aliphatic rings. The Kier molecular flexibility index (Phi) is 8.15. The summed E-state index contributed by atoms with van der Waals surface area (Å²) >= 11 is 7.43. The van der Waals surface area contributed by atoms with E-state index in [1.165, 1.54) is 35.6 Å². The van der Waals surface area contributed by atoms with Gasteiger partial charge in [0.15, 0.2) is 5.13 Å². The minimum absolute atomic E-state index is 0.228. The van der Waals surface area contributed by atoms with Gasteiger partial charge in [-0.1, -0.05) is 54.1 Å². The van der Waals surface area contributed by atoms with E-state index in [0.29, 0.717) is 22.0 Å². The normalized spacial score (nSPS) is 11.7. The second-order valence-electron chi connectivity index (χ2n) is 8.27. The van der Waals surface area contributed by atoms with Crippen molar-refractivity contribution in [2.75, 3.05) is 19.1 Å². The molecule has 0 saturated heterocycles. The molecule has 0 bridgehead atoms. The van der Waals surface area contributed by atoms with Crippen LogP contribution in [0, 0.1) is 11.7 Å². The van der Waals surface area contributed by atoms with Crippen molar-refractivity contribution in [3.63, 3.8) is 0 Å². The van der Waals surface area contributed by atoms with Gasteiger partial charge in [0.1, 0.15) is 10.8 Å². The third kappa shape index (κ3) is 5.95. The van der Waals surface area contributed by atoms with Crippen molar-refractivity contribution in [3.8, 4) is 28.3 Å². The molecule has 1 N–H and O–H groups in total. The van der Waals surface area contributed by atoms with Gasteiger partial charge in [-0.3, -0.25) is 14.5 Å². The molecule has 0 aliphatic carbocycles. The molecule has 2 aromatic carbocycles. The number of ether oxygens (including phenoxy) is 1. The van der Waals surface area contributed by atoms with Crippen LogP contribution in [0.5, 0.6) is 5.88 Å². The number of aliphatic carboxylic acids is 1. The van der Waals surface area contributed by atoms with Gasteiger partial charge < -0.3 is 9.84 Å². The molecule has 37 heavy (non-hydrogen) atoms. The number of amides is 1. The Balaban J connectivity index is 1.64. The quantitative estimate of drug-likeness (QED) is 0.282. The molecular formula is C27H23ClFN3O4S. The predicted molar refractivity (Wildman–Crippen MR) is 142 cm³/mol. The van der Waals surface area contributed by atoms with E-state index in [-0.39, 0.29) is 35.2 Å². The van der Waals surface area contributed by atoms with Crippen LogP contribution < -0.4 is 9.64 Å². The maximum absolute atomic E-state index is 15.0. The SMILES string of the molecule is COc1ncc(-c2c(F)cccc2-c2csc(N(C)C(=O)[C@@H](CC(=O)O)Cc3ccccc3)n2)cc1Cl. The number of methoxy groups -OCH3 is 1. The van der Waals surface area contributed by atoms with Crippen molar-refractivity contribution in [1.82, 2.24) is 9.97 Å². The number of benzene rings is 2. The van der Waals surface area contributed by atoms with Gasteiger partial charge >= 0.3 is 5.97 Å². The van der Waals surface area contributed by atoms with E-state index < -0.39 is 17.7 Å². The van der Waals surface area contributed by atoms with Gasteiger partial charge in [0.25, 0.3) is 0 Å². The second kappa shape index (κ2) is 11.5. The maximum atomic E-state index is 15.0. The lowest BCUT2D eigenvalue weighted by Crippen LogP contribution is -2.35. The topological polar surface area (TPSA) is 92.6 Å². The van der Waals surface area contributed by atoms with Crippen molar-refractivity contribution >= 4 is 39.9 Å². The van der Waals surface area contributed by atoms with Crippen LogP contribution in [0.2, 0.25) is 5.02 Å². The highest BCUT2D eigenvalue weighted by atomic mass is 35.5. The van der Waals surface area contributed by atoms with Crippen molar-refractivity contribution in [2.24, 2.45) is 5.92 Å². The minimum atomic E-state index is -1.06. The Morgan fingerprint density at radius 2 is 1.95 bits per heavy atom. The third-order valence-electron chi connectivity index (χ3n) is 5.78. The molecule has 1 atom stereocenters. The molecule has 0 unspecified atom stereocenters. The van der Waals surface area contributed by atoms with Crippen LogP contribution in [-0.2, 0) is 16.0 Å². The second-order valence-corrected chi connectivity index (χ2v) is 9.52. The molecule has 0 aliphatic heterocycles. The predicted octanol–water partition coefficient (Wildman–Crippen LogP) is 5.97. The standard InChI is InChI=1S/C27H23ClFN3O4S/c1-32(26(35)17(13-23(33)34)11-16-7-4-3-5-8-16)27-31-22(15-37-27)19-9-6-10-21(29)24(19)18-12-20(28)25(36-2)30-14-18/h3-10,12,14-15,17H,11,13H2,1-2H3,(H,33,34)/t17-/m1/s1. The Hall–Kier alpha value is -3.82. The summed E-state index contributed by atoms with van der Waals surface area (Å²) in [6.07, 6.45) is 1.44. The Labute approximate surface area is 222 Å². The largest absolute Gasteiger partial charge is 0.481 e. The van der Waals surface area contributed by atoms with Gasteiger partial charge in [0.2, 0.25) is 11.8 Å². The highest BCUT2D eigenvalue weighted by Gasteiger charge is 2.28. The average Bonchev–Trinajstić information content (AvgIpc) is 3.38. The van der Waals surface area contributed by atoms with Crippen LogP contribution in [-0.4, -0.2) is 41.1 Å². The molecule has 0 spiro atoms. The number of pyridine rings is 1. The number of halogens is 2. The van der Waals surface area contributed by atoms with Crippen molar-refractivity contribution in [2.45, 2.75) is 12.8 Å². The van der Waals surface area contributed by atoms with Gasteiger partial charge in [-0.2, -0.15) is 0 Å². The Bertz CT molecular complexity index is 1430. The van der Waals surface area contributed by atoms with Gasteiger partial charge in [0, 0.05) is 35.3 Å². The third-order valence-corrected chi connectivity index (χ3v) is 6.97. The fourth-order valence-corrected chi connectivity index (χ4v) is 5.05. The van der Waals surface area contributed by atoms with Crippen LogP contribution in [0.1, 0.15) is 12.0 Å². The van der Waals surface area contributed by atoms with E-state index in [2.05, 4.69) is 9.97 Å². The molecule has 4 aromatic rings. The first kappa shape index (κ1) is 26.2. The summed E-state index contributed by atoms with van der Waals surface area (Å²) in [5.41, 5.74) is 2.53. The van der Waals surface area contributed by atoms with Crippen LogP contribution in [0.25, 0.3) is 22.4 Å². The molecule has 4 rings (SSSR count). The highest BCUT2D eigenvalue weighted by Crippen LogP contribution is 2.38. The van der Waals surface area contributed by atoms with Crippen molar-refractivity contribution in [1.29, 1.82) is 0 Å². The molecule has 7 nitrogen and oxygen atoms in total. The van der Waals surface area contributed by atoms with Crippen LogP contribution in [0.3, 0.4) is 0 Å². The summed E-state index contributed by atoms with van der Waals surface area (Å²) in [5.74, 6) is -2.44. The molecule has 190 valence electrons. The average molecular weight is 540 g/mol. The number of hydrogen-bond donors (Lipinski definition) is 1. The fraction of sp³-hybridized carbons (Fsp3) is 0.185. The number of aromatic nitrogens is 2. The number of thiazole rings is 1. The zero-order chi connectivity index (χ0) is 26.5. The summed E-state index contributed by atoms with van der Waals surface area (Å²) in [4.78, 5) is 34.9. The minimum Gasteiger partial charge on any atom is -0.481 e. The monoisotopic (exact) mass is 539 g/mol. The number of carboxylic acid groups (broad SMARTS) is 1. The van der Waals surface area contributed by atoms with E-state index in [1.54, 1.807) is 30.6 Å². The first-order chi connectivity index (χ1) is 17.8. The van der Waals surface area contributed by atoms with Crippen molar-refractivity contribution in [3.05, 3.63) is 82.6 Å². The molecule has 10 heteroatoms. The van der Waals surface area contributed by atoms with E-state index in [1.807, 2.05) is 30.3 Å². The Morgan fingerprint density at radius 1 is 1.19 bits per heavy atom. The highest BCUT2D eigenvalue weighted by molar-refractivity contribution is 7.14. The molecule has 1 amide bonds. The molecule has 0 fully saturated rings. The zero-order valence-electron chi connectivity index (χ0n) is 20.0. The summed E-state index contributed by atoms with van der Waals surface area (Å²) in [6, 6.07) is 15.5. The van der Waals surface area contributed by atoms with E-state index in [9.17, 15) is 14.7 Å². The summed E-state index contributed by atoms with van der Waals surface area (Å²) in [7, 11) is 3.00. The van der Waals surface area contributed by atoms with Gasteiger partial charge in [-0.25, -0.2) is 14.4 Å². The number of carboxylic acids is 1. The van der Waals surface area contributed by atoms with Crippen LogP contribution >= 0.6 is 22.9 Å². The number of carbonyl (C=O) groups excluding carboxylic acids is 1. The molecule has 0 saturated carbocycles. The first-order valence-corrected chi connectivity index (χ1v) is 12.5. The van der Waals surface area contributed by atoms with Crippen LogP contribution in [0.4, 0.5) is 9.52 Å². The lowest BCUT2D eigenvalue weighted by Gasteiger charge is -2.21. The number of hydrogen-bond acceptors (Lipinski definition) is 6. The van der Waals surface area contributed by atoms with Crippen LogP contribution in [0.15, 0.2) is 66.2 Å². The first-order valence-electron chi connectivity index (χ1n) is 11.3. The smallest absolute Gasteiger partial charge is 0.304 e. The van der Waals surface area contributed by atoms with Gasteiger partial charge in [0.05, 0.1) is 25.1 Å². The number of rotatable bonds is 9. The van der Waals surface area contributed by atoms with E-state index >= 15 is 4.39 Å². The van der Waals surface area contributed by atoms with E-state index in [4.69, 9.17) is 16.3 Å². The Morgan fingerprint density at radius 3 is 2.62 bits per heavy atom. The maximum Gasteiger partial charge on any atom is 0.304 e. The summed E-state index contributed by atoms with van der Waals surface area (Å²) in [6.45, 7) is 0. The zero-order valence-corrected chi connectivity index (χ0v) is 21.6. The van der Waals surface area contributed by atoms with Crippen molar-refractivity contribution < 1.29 is 23.8 Å². The van der Waals surface area contributed by atoms with Gasteiger partial charge in [-0.15, -0.1) is 11.3 Å². The summed E-state index contributed by atoms with van der Waals surface area (Å²) < 4.78 is 20.1. The van der Waals surface area contributed by atoms with Gasteiger partial charge in [-0.05, 0) is 24.1 Å². The molecule has 2 heterocycles. The summed E-state index contributed by atoms with van der Waals surface area (Å²) in [5, 5.41) is 11.7. The fourth-order valence-electron chi connectivity index (χ4n) is 4.01. The number of carbonyl (C=O) groups is 2. The molecule has 2 aromatic heterocycles.